The van der Waals surface area contributed by atoms with Crippen molar-refractivity contribution in [3.63, 3.8) is 0 Å². The highest BCUT2D eigenvalue weighted by Gasteiger charge is 2.30. The number of hydrogen-bond acceptors (Lipinski definition) is 3. The van der Waals surface area contributed by atoms with E-state index in [9.17, 15) is 13.2 Å². The first-order valence-electron chi connectivity index (χ1n) is 10.8. The molecule has 1 unspecified atom stereocenters. The zero-order chi connectivity index (χ0) is 20.7. The predicted molar refractivity (Wildman–Crippen MR) is 129 cm³/mol. The fourth-order valence-electron chi connectivity index (χ4n) is 4.24. The Morgan fingerprint density at radius 2 is 1.58 bits per heavy atom. The third kappa shape index (κ3) is 8.28. The maximum Gasteiger partial charge on any atom is 0.315 e. The summed E-state index contributed by atoms with van der Waals surface area (Å²) < 4.78 is 27.3. The SMILES string of the molecule is C.C.O=C(NCC1CCCN(S(=O)(=O)c2ccc(Cl)cc2)C1)NC1CCCCCCC1. The van der Waals surface area contributed by atoms with Crippen molar-refractivity contribution < 1.29 is 13.2 Å². The van der Waals surface area contributed by atoms with Crippen LogP contribution in [0, 0.1) is 5.92 Å². The topological polar surface area (TPSA) is 78.5 Å². The third-order valence-electron chi connectivity index (χ3n) is 5.92. The molecule has 2 fully saturated rings. The second-order valence-corrected chi connectivity index (χ2v) is 10.6. The number of benzene rings is 1. The van der Waals surface area contributed by atoms with Crippen molar-refractivity contribution in [2.24, 2.45) is 5.92 Å². The Labute approximate surface area is 194 Å². The van der Waals surface area contributed by atoms with Gasteiger partial charge in [0.1, 0.15) is 0 Å². The summed E-state index contributed by atoms with van der Waals surface area (Å²) in [4.78, 5) is 12.6. The molecule has 3 rings (SSSR count). The Morgan fingerprint density at radius 1 is 0.968 bits per heavy atom. The predicted octanol–water partition coefficient (Wildman–Crippen LogP) is 5.43. The Kier molecular flexibility index (Phi) is 11.9. The number of nitrogens with zero attached hydrogens (tertiary/aromatic N) is 1. The summed E-state index contributed by atoms with van der Waals surface area (Å²) in [6.45, 7) is 1.43. The molecule has 1 atom stereocenters. The number of carbonyl (C=O) groups excluding carboxylic acids is 1. The minimum absolute atomic E-state index is 0. The van der Waals surface area contributed by atoms with E-state index < -0.39 is 10.0 Å². The average Bonchev–Trinajstić information content (AvgIpc) is 2.69. The van der Waals surface area contributed by atoms with Crippen molar-refractivity contribution in [1.82, 2.24) is 14.9 Å². The molecule has 2 N–H and O–H groups in total. The molecular formula is C23H40ClN3O3S. The van der Waals surface area contributed by atoms with Gasteiger partial charge in [-0.3, -0.25) is 0 Å². The standard InChI is InChI=1S/C21H32ClN3O3S.2CH4/c22-18-10-12-20(13-11-18)29(27,28)25-14-6-7-17(16-25)15-23-21(26)24-19-8-4-2-1-3-5-9-19;;/h10-13,17,19H,1-9,14-16H2,(H2,23,24,26);2*1H4. The van der Waals surface area contributed by atoms with E-state index >= 15 is 0 Å². The summed E-state index contributed by atoms with van der Waals surface area (Å²) in [5, 5.41) is 6.58. The first-order chi connectivity index (χ1) is 13.9. The van der Waals surface area contributed by atoms with Gasteiger partial charge in [0.05, 0.1) is 4.90 Å². The molecule has 0 spiro atoms. The number of nitrogens with one attached hydrogen (secondary N) is 2. The normalized spacial score (nSPS) is 21.0. The fraction of sp³-hybridized carbons (Fsp3) is 0.696. The zero-order valence-electron chi connectivity index (χ0n) is 16.9. The molecule has 8 heteroatoms. The highest BCUT2D eigenvalue weighted by atomic mass is 35.5. The molecule has 1 saturated heterocycles. The number of hydrogen-bond donors (Lipinski definition) is 2. The van der Waals surface area contributed by atoms with Gasteiger partial charge >= 0.3 is 6.03 Å². The van der Waals surface area contributed by atoms with E-state index in [1.54, 1.807) is 24.3 Å². The number of rotatable bonds is 5. The summed E-state index contributed by atoms with van der Waals surface area (Å²) in [5.74, 6) is 0.119. The summed E-state index contributed by atoms with van der Waals surface area (Å²) in [6, 6.07) is 6.40. The molecule has 1 aliphatic carbocycles. The van der Waals surface area contributed by atoms with Gasteiger partial charge in [-0.2, -0.15) is 4.31 Å². The van der Waals surface area contributed by atoms with E-state index in [4.69, 9.17) is 11.6 Å². The van der Waals surface area contributed by atoms with Gasteiger partial charge in [-0.05, 0) is 55.9 Å². The van der Waals surface area contributed by atoms with Crippen molar-refractivity contribution in [2.75, 3.05) is 19.6 Å². The lowest BCUT2D eigenvalue weighted by Gasteiger charge is -2.32. The quantitative estimate of drug-likeness (QED) is 0.598. The molecule has 2 aliphatic rings. The van der Waals surface area contributed by atoms with Crippen molar-refractivity contribution in [3.05, 3.63) is 29.3 Å². The van der Waals surface area contributed by atoms with E-state index in [0.29, 0.717) is 24.7 Å². The van der Waals surface area contributed by atoms with E-state index in [2.05, 4.69) is 10.6 Å². The van der Waals surface area contributed by atoms with Crippen LogP contribution in [-0.4, -0.2) is 44.4 Å². The van der Waals surface area contributed by atoms with Crippen LogP contribution in [0.3, 0.4) is 0 Å². The molecule has 31 heavy (non-hydrogen) atoms. The lowest BCUT2D eigenvalue weighted by Crippen LogP contribution is -2.47. The number of amides is 2. The van der Waals surface area contributed by atoms with Crippen molar-refractivity contribution >= 4 is 27.7 Å². The van der Waals surface area contributed by atoms with Crippen molar-refractivity contribution in [3.8, 4) is 0 Å². The van der Waals surface area contributed by atoms with Crippen LogP contribution >= 0.6 is 11.6 Å². The van der Waals surface area contributed by atoms with Crippen LogP contribution in [-0.2, 0) is 10.0 Å². The van der Waals surface area contributed by atoms with Gasteiger partial charge in [0.15, 0.2) is 0 Å². The maximum absolute atomic E-state index is 12.9. The molecule has 1 heterocycles. The third-order valence-corrected chi connectivity index (χ3v) is 8.06. The molecule has 6 nitrogen and oxygen atoms in total. The van der Waals surface area contributed by atoms with Gasteiger partial charge in [0.25, 0.3) is 0 Å². The van der Waals surface area contributed by atoms with Crippen LogP contribution in [0.2, 0.25) is 5.02 Å². The molecular weight excluding hydrogens is 434 g/mol. The van der Waals surface area contributed by atoms with Crippen LogP contribution in [0.25, 0.3) is 0 Å². The zero-order valence-corrected chi connectivity index (χ0v) is 18.5. The second kappa shape index (κ2) is 13.3. The Balaban J connectivity index is 0.00000240. The molecule has 0 aromatic heterocycles. The van der Waals surface area contributed by atoms with Gasteiger partial charge < -0.3 is 10.6 Å². The largest absolute Gasteiger partial charge is 0.338 e. The average molecular weight is 474 g/mol. The van der Waals surface area contributed by atoms with Crippen LogP contribution in [0.1, 0.15) is 72.6 Å². The second-order valence-electron chi connectivity index (χ2n) is 8.22. The van der Waals surface area contributed by atoms with Gasteiger partial charge in [-0.1, -0.05) is 58.6 Å². The molecule has 1 aromatic rings. The van der Waals surface area contributed by atoms with Crippen LogP contribution in [0.4, 0.5) is 4.79 Å². The molecule has 0 bridgehead atoms. The monoisotopic (exact) mass is 473 g/mol. The summed E-state index contributed by atoms with van der Waals surface area (Å²) in [7, 11) is -3.53. The first-order valence-corrected chi connectivity index (χ1v) is 12.6. The molecule has 2 amide bonds. The minimum atomic E-state index is -3.53. The van der Waals surface area contributed by atoms with Gasteiger partial charge in [-0.25, -0.2) is 13.2 Å². The summed E-state index contributed by atoms with van der Waals surface area (Å²) in [6.07, 6.45) is 9.94. The molecule has 178 valence electrons. The molecule has 0 radical (unpaired) electrons. The van der Waals surface area contributed by atoms with Gasteiger partial charge in [0, 0.05) is 30.7 Å². The Hall–Kier alpha value is -1.31. The van der Waals surface area contributed by atoms with Gasteiger partial charge in [-0.15, -0.1) is 0 Å². The number of urea groups is 1. The van der Waals surface area contributed by atoms with Crippen molar-refractivity contribution in [1.29, 1.82) is 0 Å². The molecule has 1 aromatic carbocycles. The van der Waals surface area contributed by atoms with Crippen molar-refractivity contribution in [2.45, 2.75) is 83.6 Å². The molecule has 1 saturated carbocycles. The Bertz CT molecular complexity index is 763. The van der Waals surface area contributed by atoms with Crippen LogP contribution < -0.4 is 10.6 Å². The highest BCUT2D eigenvalue weighted by Crippen LogP contribution is 2.24. The number of carbonyl (C=O) groups is 1. The molecule has 1 aliphatic heterocycles. The van der Waals surface area contributed by atoms with E-state index in [1.807, 2.05) is 0 Å². The van der Waals surface area contributed by atoms with E-state index in [-0.39, 0.29) is 37.7 Å². The highest BCUT2D eigenvalue weighted by molar-refractivity contribution is 7.89. The van der Waals surface area contributed by atoms with Crippen LogP contribution in [0.5, 0.6) is 0 Å². The van der Waals surface area contributed by atoms with Crippen LogP contribution in [0.15, 0.2) is 29.2 Å². The first kappa shape index (κ1) is 27.7. The lowest BCUT2D eigenvalue weighted by atomic mass is 9.97. The van der Waals surface area contributed by atoms with E-state index in [0.717, 1.165) is 25.7 Å². The number of sulfonamides is 1. The fourth-order valence-corrected chi connectivity index (χ4v) is 5.92. The van der Waals surface area contributed by atoms with E-state index in [1.165, 1.54) is 36.4 Å². The number of piperidine rings is 1. The smallest absolute Gasteiger partial charge is 0.315 e. The van der Waals surface area contributed by atoms with Gasteiger partial charge in [0.2, 0.25) is 10.0 Å². The number of halogens is 1. The lowest BCUT2D eigenvalue weighted by molar-refractivity contribution is 0.224. The summed E-state index contributed by atoms with van der Waals surface area (Å²) in [5.41, 5.74) is 0. The Morgan fingerprint density at radius 3 is 2.23 bits per heavy atom. The summed E-state index contributed by atoms with van der Waals surface area (Å²) >= 11 is 5.87. The minimum Gasteiger partial charge on any atom is -0.338 e. The maximum atomic E-state index is 12.9.